The topological polar surface area (TPSA) is 63.5 Å². The van der Waals surface area contributed by atoms with Crippen molar-refractivity contribution in [1.29, 1.82) is 0 Å². The molecule has 0 aliphatic heterocycles. The summed E-state index contributed by atoms with van der Waals surface area (Å²) in [6, 6.07) is 3.37. The number of fused-ring (bicyclic) bond motifs is 1. The Bertz CT molecular complexity index is 526. The smallest absolute Gasteiger partial charge is 0.133 e. The fourth-order valence-electron chi connectivity index (χ4n) is 2.59. The molecule has 0 radical (unpaired) electrons. The first-order valence-corrected chi connectivity index (χ1v) is 5.64. The Labute approximate surface area is 93.7 Å². The van der Waals surface area contributed by atoms with Crippen LogP contribution in [0.5, 0.6) is 5.75 Å². The Morgan fingerprint density at radius 2 is 2.12 bits per heavy atom. The number of pyridine rings is 1. The van der Waals surface area contributed by atoms with Gasteiger partial charge in [-0.3, -0.25) is 0 Å². The molecule has 2 heterocycles. The zero-order valence-electron chi connectivity index (χ0n) is 9.06. The molecule has 1 fully saturated rings. The van der Waals surface area contributed by atoms with Crippen LogP contribution < -0.4 is 5.73 Å². The molecular formula is C12H15N3O. The van der Waals surface area contributed by atoms with Crippen LogP contribution in [-0.4, -0.2) is 14.5 Å². The minimum Gasteiger partial charge on any atom is -0.508 e. The summed E-state index contributed by atoms with van der Waals surface area (Å²) in [6.07, 6.45) is 7.93. The van der Waals surface area contributed by atoms with Crippen molar-refractivity contribution in [3.05, 3.63) is 30.4 Å². The first kappa shape index (κ1) is 9.66. The lowest BCUT2D eigenvalue weighted by Gasteiger charge is -2.21. The molecule has 3 N–H and O–H groups in total. The maximum Gasteiger partial charge on any atom is 0.133 e. The van der Waals surface area contributed by atoms with Crippen LogP contribution in [0.15, 0.2) is 24.5 Å². The second-order valence-corrected chi connectivity index (χ2v) is 4.62. The van der Waals surface area contributed by atoms with Crippen molar-refractivity contribution in [2.24, 2.45) is 5.73 Å². The van der Waals surface area contributed by atoms with E-state index in [1.54, 1.807) is 18.3 Å². The van der Waals surface area contributed by atoms with Gasteiger partial charge in [-0.2, -0.15) is 0 Å². The van der Waals surface area contributed by atoms with E-state index in [-0.39, 0.29) is 11.3 Å². The third-order valence-corrected chi connectivity index (χ3v) is 3.46. The lowest BCUT2D eigenvalue weighted by molar-refractivity contribution is 0.429. The van der Waals surface area contributed by atoms with Gasteiger partial charge in [-0.1, -0.05) is 12.8 Å². The molecule has 0 spiro atoms. The van der Waals surface area contributed by atoms with Crippen molar-refractivity contribution in [2.45, 2.75) is 31.2 Å². The van der Waals surface area contributed by atoms with Crippen LogP contribution in [0, 0.1) is 0 Å². The van der Waals surface area contributed by atoms with Gasteiger partial charge in [0.1, 0.15) is 11.6 Å². The molecule has 0 amide bonds. The third kappa shape index (κ3) is 1.30. The lowest BCUT2D eigenvalue weighted by atomic mass is 9.98. The molecule has 1 aliphatic rings. The number of aromatic nitrogens is 2. The monoisotopic (exact) mass is 217 g/mol. The van der Waals surface area contributed by atoms with Crippen molar-refractivity contribution in [1.82, 2.24) is 9.38 Å². The van der Waals surface area contributed by atoms with Crippen LogP contribution in [0.2, 0.25) is 0 Å². The summed E-state index contributed by atoms with van der Waals surface area (Å²) < 4.78 is 1.98. The molecule has 4 heteroatoms. The first-order chi connectivity index (χ1) is 7.69. The highest BCUT2D eigenvalue weighted by Gasteiger charge is 2.34. The second-order valence-electron chi connectivity index (χ2n) is 4.62. The molecule has 2 aromatic rings. The van der Waals surface area contributed by atoms with E-state index < -0.39 is 0 Å². The highest BCUT2D eigenvalue weighted by molar-refractivity contribution is 5.50. The van der Waals surface area contributed by atoms with Crippen LogP contribution in [0.4, 0.5) is 0 Å². The summed E-state index contributed by atoms with van der Waals surface area (Å²) in [5.41, 5.74) is 6.99. The number of imidazole rings is 1. The van der Waals surface area contributed by atoms with Crippen molar-refractivity contribution < 1.29 is 5.11 Å². The van der Waals surface area contributed by atoms with Gasteiger partial charge in [0.25, 0.3) is 0 Å². The SMILES string of the molecule is NC1(c2ncc3cc(O)ccn23)CCCC1. The summed E-state index contributed by atoms with van der Waals surface area (Å²) in [7, 11) is 0. The van der Waals surface area contributed by atoms with Gasteiger partial charge in [-0.15, -0.1) is 0 Å². The van der Waals surface area contributed by atoms with E-state index in [0.717, 1.165) is 24.2 Å². The summed E-state index contributed by atoms with van der Waals surface area (Å²) in [6.45, 7) is 0. The summed E-state index contributed by atoms with van der Waals surface area (Å²) in [5, 5.41) is 9.40. The summed E-state index contributed by atoms with van der Waals surface area (Å²) >= 11 is 0. The van der Waals surface area contributed by atoms with Crippen LogP contribution in [0.3, 0.4) is 0 Å². The molecular weight excluding hydrogens is 202 g/mol. The molecule has 0 aromatic carbocycles. The number of hydrogen-bond acceptors (Lipinski definition) is 3. The van der Waals surface area contributed by atoms with Gasteiger partial charge in [-0.05, 0) is 18.9 Å². The van der Waals surface area contributed by atoms with E-state index in [0.29, 0.717) is 0 Å². The van der Waals surface area contributed by atoms with Crippen LogP contribution in [0.25, 0.3) is 5.52 Å². The quantitative estimate of drug-likeness (QED) is 0.765. The second kappa shape index (κ2) is 3.22. The van der Waals surface area contributed by atoms with Crippen LogP contribution >= 0.6 is 0 Å². The Morgan fingerprint density at radius 1 is 1.38 bits per heavy atom. The minimum atomic E-state index is -0.288. The standard InChI is InChI=1S/C12H15N3O/c13-12(4-1-2-5-12)11-14-8-9-7-10(16)3-6-15(9)11/h3,6-8,16H,1-2,4-5,13H2. The average Bonchev–Trinajstić information content (AvgIpc) is 2.84. The zero-order valence-corrected chi connectivity index (χ0v) is 9.06. The van der Waals surface area contributed by atoms with Crippen LogP contribution in [0.1, 0.15) is 31.5 Å². The van der Waals surface area contributed by atoms with Crippen molar-refractivity contribution >= 4 is 5.52 Å². The van der Waals surface area contributed by atoms with Gasteiger partial charge in [0, 0.05) is 12.3 Å². The Kier molecular flexibility index (Phi) is 1.94. The van der Waals surface area contributed by atoms with E-state index in [4.69, 9.17) is 5.73 Å². The molecule has 1 saturated carbocycles. The number of nitrogens with two attached hydrogens (primary N) is 1. The Morgan fingerprint density at radius 3 is 2.88 bits per heavy atom. The molecule has 0 bridgehead atoms. The largest absolute Gasteiger partial charge is 0.508 e. The van der Waals surface area contributed by atoms with E-state index in [1.165, 1.54) is 12.8 Å². The van der Waals surface area contributed by atoms with Gasteiger partial charge < -0.3 is 15.2 Å². The van der Waals surface area contributed by atoms with Crippen molar-refractivity contribution in [3.8, 4) is 5.75 Å². The highest BCUT2D eigenvalue weighted by Crippen LogP contribution is 2.35. The summed E-state index contributed by atoms with van der Waals surface area (Å²) in [5.74, 6) is 1.18. The number of hydrogen-bond donors (Lipinski definition) is 2. The summed E-state index contributed by atoms with van der Waals surface area (Å²) in [4.78, 5) is 4.42. The molecule has 4 nitrogen and oxygen atoms in total. The predicted molar refractivity (Wildman–Crippen MR) is 61.2 cm³/mol. The van der Waals surface area contributed by atoms with Gasteiger partial charge in [0.15, 0.2) is 0 Å². The van der Waals surface area contributed by atoms with E-state index >= 15 is 0 Å². The van der Waals surface area contributed by atoms with Gasteiger partial charge in [0.05, 0.1) is 17.3 Å². The third-order valence-electron chi connectivity index (χ3n) is 3.46. The number of rotatable bonds is 1. The van der Waals surface area contributed by atoms with Gasteiger partial charge >= 0.3 is 0 Å². The Hall–Kier alpha value is -1.55. The first-order valence-electron chi connectivity index (χ1n) is 5.64. The average molecular weight is 217 g/mol. The highest BCUT2D eigenvalue weighted by atomic mass is 16.3. The predicted octanol–water partition coefficient (Wildman–Crippen LogP) is 1.77. The molecule has 0 unspecified atom stereocenters. The molecule has 3 rings (SSSR count). The number of nitrogens with zero attached hydrogens (tertiary/aromatic N) is 2. The molecule has 16 heavy (non-hydrogen) atoms. The lowest BCUT2D eigenvalue weighted by Crippen LogP contribution is -2.35. The molecule has 0 atom stereocenters. The van der Waals surface area contributed by atoms with Gasteiger partial charge in [0.2, 0.25) is 0 Å². The zero-order chi connectivity index (χ0) is 11.2. The molecule has 0 saturated heterocycles. The molecule has 84 valence electrons. The van der Waals surface area contributed by atoms with E-state index in [1.807, 2.05) is 10.6 Å². The molecule has 2 aromatic heterocycles. The Balaban J connectivity index is 2.17. The fraction of sp³-hybridized carbons (Fsp3) is 0.417. The van der Waals surface area contributed by atoms with Crippen LogP contribution in [-0.2, 0) is 5.54 Å². The normalized spacial score (nSPS) is 19.3. The fourth-order valence-corrected chi connectivity index (χ4v) is 2.59. The number of aromatic hydroxyl groups is 1. The maximum atomic E-state index is 9.40. The van der Waals surface area contributed by atoms with Crippen molar-refractivity contribution in [2.75, 3.05) is 0 Å². The minimum absolute atomic E-state index is 0.261. The maximum absolute atomic E-state index is 9.40. The molecule has 1 aliphatic carbocycles. The van der Waals surface area contributed by atoms with Gasteiger partial charge in [-0.25, -0.2) is 4.98 Å². The van der Waals surface area contributed by atoms with E-state index in [2.05, 4.69) is 4.98 Å². The van der Waals surface area contributed by atoms with E-state index in [9.17, 15) is 5.11 Å². The van der Waals surface area contributed by atoms with Crippen molar-refractivity contribution in [3.63, 3.8) is 0 Å².